The lowest BCUT2D eigenvalue weighted by atomic mass is 10.2. The lowest BCUT2D eigenvalue weighted by Crippen LogP contribution is -2.51. The molecule has 2 rings (SSSR count). The maximum absolute atomic E-state index is 11.9. The SMILES string of the molecule is O=C(O)CN1CCN(c2ccccc2)C(=O)C1. The Morgan fingerprint density at radius 2 is 1.94 bits per heavy atom. The minimum Gasteiger partial charge on any atom is -0.480 e. The van der Waals surface area contributed by atoms with Crippen molar-refractivity contribution < 1.29 is 14.7 Å². The predicted molar refractivity (Wildman–Crippen MR) is 62.9 cm³/mol. The number of hydrogen-bond donors (Lipinski definition) is 1. The summed E-state index contributed by atoms with van der Waals surface area (Å²) in [5.41, 5.74) is 0.868. The van der Waals surface area contributed by atoms with Crippen LogP contribution in [0, 0.1) is 0 Å². The Morgan fingerprint density at radius 3 is 2.53 bits per heavy atom. The van der Waals surface area contributed by atoms with E-state index in [4.69, 9.17) is 5.11 Å². The molecular weight excluding hydrogens is 220 g/mol. The lowest BCUT2D eigenvalue weighted by Gasteiger charge is -2.33. The van der Waals surface area contributed by atoms with Crippen molar-refractivity contribution in [1.82, 2.24) is 4.90 Å². The van der Waals surface area contributed by atoms with Crippen molar-refractivity contribution >= 4 is 17.6 Å². The van der Waals surface area contributed by atoms with Crippen LogP contribution in [0.5, 0.6) is 0 Å². The van der Waals surface area contributed by atoms with E-state index in [9.17, 15) is 9.59 Å². The molecule has 0 aromatic heterocycles. The average Bonchev–Trinajstić information content (AvgIpc) is 2.29. The molecular formula is C12H14N2O3. The van der Waals surface area contributed by atoms with Gasteiger partial charge in [-0.05, 0) is 12.1 Å². The van der Waals surface area contributed by atoms with E-state index in [1.807, 2.05) is 30.3 Å². The average molecular weight is 234 g/mol. The smallest absolute Gasteiger partial charge is 0.317 e. The summed E-state index contributed by atoms with van der Waals surface area (Å²) in [6.45, 7) is 1.22. The Labute approximate surface area is 99.3 Å². The molecule has 0 unspecified atom stereocenters. The molecule has 1 aliphatic heterocycles. The Bertz CT molecular complexity index is 419. The number of hydrogen-bond acceptors (Lipinski definition) is 3. The van der Waals surface area contributed by atoms with Crippen LogP contribution in [0.25, 0.3) is 0 Å². The van der Waals surface area contributed by atoms with E-state index in [1.54, 1.807) is 9.80 Å². The molecule has 0 bridgehead atoms. The number of para-hydroxylation sites is 1. The number of amides is 1. The number of aliphatic carboxylic acids is 1. The van der Waals surface area contributed by atoms with E-state index in [1.165, 1.54) is 0 Å². The molecule has 0 atom stereocenters. The molecule has 0 spiro atoms. The molecule has 1 fully saturated rings. The van der Waals surface area contributed by atoms with Crippen molar-refractivity contribution in [2.75, 3.05) is 31.1 Å². The highest BCUT2D eigenvalue weighted by atomic mass is 16.4. The third-order valence-corrected chi connectivity index (χ3v) is 2.73. The topological polar surface area (TPSA) is 60.9 Å². The highest BCUT2D eigenvalue weighted by molar-refractivity contribution is 5.95. The second-order valence-electron chi connectivity index (χ2n) is 3.99. The first-order chi connectivity index (χ1) is 8.16. The zero-order valence-corrected chi connectivity index (χ0v) is 9.37. The number of nitrogens with zero attached hydrogens (tertiary/aromatic N) is 2. The van der Waals surface area contributed by atoms with Gasteiger partial charge >= 0.3 is 5.97 Å². The Kier molecular flexibility index (Phi) is 3.39. The zero-order chi connectivity index (χ0) is 12.3. The van der Waals surface area contributed by atoms with Crippen molar-refractivity contribution in [2.45, 2.75) is 0 Å². The van der Waals surface area contributed by atoms with Gasteiger partial charge in [-0.3, -0.25) is 14.5 Å². The fourth-order valence-electron chi connectivity index (χ4n) is 1.93. The molecule has 5 heteroatoms. The van der Waals surface area contributed by atoms with Crippen molar-refractivity contribution in [3.8, 4) is 0 Å². The zero-order valence-electron chi connectivity index (χ0n) is 9.37. The first-order valence-electron chi connectivity index (χ1n) is 5.46. The molecule has 5 nitrogen and oxygen atoms in total. The van der Waals surface area contributed by atoms with Crippen molar-refractivity contribution in [1.29, 1.82) is 0 Å². The van der Waals surface area contributed by atoms with Crippen molar-refractivity contribution in [2.24, 2.45) is 0 Å². The molecule has 17 heavy (non-hydrogen) atoms. The number of piperazine rings is 1. The number of carbonyl (C=O) groups excluding carboxylic acids is 1. The van der Waals surface area contributed by atoms with Crippen LogP contribution in [-0.2, 0) is 9.59 Å². The van der Waals surface area contributed by atoms with Gasteiger partial charge in [0.2, 0.25) is 5.91 Å². The van der Waals surface area contributed by atoms with E-state index in [2.05, 4.69) is 0 Å². The number of carbonyl (C=O) groups is 2. The van der Waals surface area contributed by atoms with Crippen LogP contribution in [0.15, 0.2) is 30.3 Å². The predicted octanol–water partition coefficient (Wildman–Crippen LogP) is 0.420. The van der Waals surface area contributed by atoms with Gasteiger partial charge in [0, 0.05) is 18.8 Å². The van der Waals surface area contributed by atoms with Crippen LogP contribution < -0.4 is 4.90 Å². The largest absolute Gasteiger partial charge is 0.480 e. The van der Waals surface area contributed by atoms with E-state index in [-0.39, 0.29) is 19.0 Å². The maximum Gasteiger partial charge on any atom is 0.317 e. The van der Waals surface area contributed by atoms with Gasteiger partial charge in [0.05, 0.1) is 13.1 Å². The van der Waals surface area contributed by atoms with E-state index in [0.717, 1.165) is 5.69 Å². The summed E-state index contributed by atoms with van der Waals surface area (Å²) in [5, 5.41) is 8.67. The standard InChI is InChI=1S/C12H14N2O3/c15-11-8-13(9-12(16)17)6-7-14(11)10-4-2-1-3-5-10/h1-5H,6-9H2,(H,16,17). The van der Waals surface area contributed by atoms with Gasteiger partial charge in [0.1, 0.15) is 0 Å². The van der Waals surface area contributed by atoms with E-state index in [0.29, 0.717) is 13.1 Å². The number of rotatable bonds is 3. The number of carboxylic acids is 1. The van der Waals surface area contributed by atoms with E-state index >= 15 is 0 Å². The summed E-state index contributed by atoms with van der Waals surface area (Å²) in [7, 11) is 0. The van der Waals surface area contributed by atoms with Gasteiger partial charge < -0.3 is 10.0 Å². The van der Waals surface area contributed by atoms with Crippen LogP contribution in [0.1, 0.15) is 0 Å². The summed E-state index contributed by atoms with van der Waals surface area (Å²) in [6, 6.07) is 9.42. The Morgan fingerprint density at radius 1 is 1.24 bits per heavy atom. The van der Waals surface area contributed by atoms with Gasteiger partial charge in [-0.25, -0.2) is 0 Å². The van der Waals surface area contributed by atoms with E-state index < -0.39 is 5.97 Å². The molecule has 1 aliphatic rings. The van der Waals surface area contributed by atoms with Crippen LogP contribution in [0.2, 0.25) is 0 Å². The number of anilines is 1. The van der Waals surface area contributed by atoms with Crippen LogP contribution >= 0.6 is 0 Å². The molecule has 0 radical (unpaired) electrons. The molecule has 1 saturated heterocycles. The summed E-state index contributed by atoms with van der Waals surface area (Å²) in [6.07, 6.45) is 0. The highest BCUT2D eigenvalue weighted by Crippen LogP contribution is 2.16. The van der Waals surface area contributed by atoms with Gasteiger partial charge in [-0.1, -0.05) is 18.2 Å². The monoisotopic (exact) mass is 234 g/mol. The minimum absolute atomic E-state index is 0.0521. The molecule has 1 amide bonds. The van der Waals surface area contributed by atoms with Gasteiger partial charge in [-0.15, -0.1) is 0 Å². The molecule has 0 saturated carbocycles. The van der Waals surface area contributed by atoms with Crippen LogP contribution in [-0.4, -0.2) is 48.1 Å². The Hall–Kier alpha value is -1.88. The normalized spacial score (nSPS) is 17.2. The fourth-order valence-corrected chi connectivity index (χ4v) is 1.93. The van der Waals surface area contributed by atoms with Crippen molar-refractivity contribution in [3.63, 3.8) is 0 Å². The summed E-state index contributed by atoms with van der Waals surface area (Å²) < 4.78 is 0. The second kappa shape index (κ2) is 4.97. The lowest BCUT2D eigenvalue weighted by molar-refractivity contribution is -0.138. The van der Waals surface area contributed by atoms with Gasteiger partial charge in [-0.2, -0.15) is 0 Å². The first kappa shape index (κ1) is 11.6. The molecule has 90 valence electrons. The van der Waals surface area contributed by atoms with Crippen LogP contribution in [0.3, 0.4) is 0 Å². The molecule has 0 aliphatic carbocycles. The summed E-state index contributed by atoms with van der Waals surface area (Å²) in [5.74, 6) is -0.949. The summed E-state index contributed by atoms with van der Waals surface area (Å²) >= 11 is 0. The third kappa shape index (κ3) is 2.82. The molecule has 1 aromatic rings. The Balaban J connectivity index is 2.02. The molecule has 1 heterocycles. The van der Waals surface area contributed by atoms with Gasteiger partial charge in [0.25, 0.3) is 0 Å². The van der Waals surface area contributed by atoms with Gasteiger partial charge in [0.15, 0.2) is 0 Å². The minimum atomic E-state index is -0.897. The second-order valence-corrected chi connectivity index (χ2v) is 3.99. The third-order valence-electron chi connectivity index (χ3n) is 2.73. The maximum atomic E-state index is 11.9. The number of benzene rings is 1. The first-order valence-corrected chi connectivity index (χ1v) is 5.46. The number of carboxylic acid groups (broad SMARTS) is 1. The van der Waals surface area contributed by atoms with Crippen molar-refractivity contribution in [3.05, 3.63) is 30.3 Å². The fraction of sp³-hybridized carbons (Fsp3) is 0.333. The summed E-state index contributed by atoms with van der Waals surface area (Å²) in [4.78, 5) is 25.8. The quantitative estimate of drug-likeness (QED) is 0.823. The molecule has 1 aromatic carbocycles. The van der Waals surface area contributed by atoms with Crippen LogP contribution in [0.4, 0.5) is 5.69 Å². The highest BCUT2D eigenvalue weighted by Gasteiger charge is 2.25. The molecule has 1 N–H and O–H groups in total.